The minimum Gasteiger partial charge on any atom is -0.192 e. The first-order valence-corrected chi connectivity index (χ1v) is 6.70. The standard InChI is InChI=1S/C13H6INS/c14-11-6-2-5-10-9-4-1-3-8(7-15)12(9)16-13(10)11/h1-6H. The molecule has 0 aliphatic rings. The Hall–Kier alpha value is -1.12. The first-order chi connectivity index (χ1) is 7.81. The maximum absolute atomic E-state index is 9.08. The lowest BCUT2D eigenvalue weighted by Gasteiger charge is -1.93. The molecule has 1 nitrogen and oxygen atoms in total. The van der Waals surface area contributed by atoms with E-state index in [0.717, 1.165) is 10.3 Å². The summed E-state index contributed by atoms with van der Waals surface area (Å²) in [7, 11) is 0. The van der Waals surface area contributed by atoms with Gasteiger partial charge in [0.1, 0.15) is 6.07 Å². The van der Waals surface area contributed by atoms with Crippen LogP contribution in [0.5, 0.6) is 0 Å². The molecule has 1 heterocycles. The summed E-state index contributed by atoms with van der Waals surface area (Å²) in [6, 6.07) is 14.5. The van der Waals surface area contributed by atoms with E-state index < -0.39 is 0 Å². The van der Waals surface area contributed by atoms with Crippen LogP contribution in [-0.2, 0) is 0 Å². The normalized spacial score (nSPS) is 10.8. The van der Waals surface area contributed by atoms with Gasteiger partial charge < -0.3 is 0 Å². The highest BCUT2D eigenvalue weighted by molar-refractivity contribution is 14.1. The summed E-state index contributed by atoms with van der Waals surface area (Å²) in [5, 5.41) is 11.5. The van der Waals surface area contributed by atoms with Crippen LogP contribution >= 0.6 is 33.9 Å². The predicted octanol–water partition coefficient (Wildman–Crippen LogP) is 4.53. The second-order valence-electron chi connectivity index (χ2n) is 3.51. The number of fused-ring (bicyclic) bond motifs is 3. The smallest absolute Gasteiger partial charge is 0.101 e. The quantitative estimate of drug-likeness (QED) is 0.554. The van der Waals surface area contributed by atoms with E-state index >= 15 is 0 Å². The summed E-state index contributed by atoms with van der Waals surface area (Å²) in [6.07, 6.45) is 0. The Morgan fingerprint density at radius 1 is 1.00 bits per heavy atom. The van der Waals surface area contributed by atoms with Crippen molar-refractivity contribution in [2.24, 2.45) is 0 Å². The Balaban J connectivity index is 2.61. The number of halogens is 1. The lowest BCUT2D eigenvalue weighted by Crippen LogP contribution is -1.72. The van der Waals surface area contributed by atoms with Crippen molar-refractivity contribution in [2.45, 2.75) is 0 Å². The minimum atomic E-state index is 0.773. The fourth-order valence-corrected chi connectivity index (χ4v) is 3.87. The molecule has 0 unspecified atom stereocenters. The minimum absolute atomic E-state index is 0.773. The van der Waals surface area contributed by atoms with Crippen molar-refractivity contribution in [1.29, 1.82) is 5.26 Å². The Morgan fingerprint density at radius 3 is 2.44 bits per heavy atom. The highest BCUT2D eigenvalue weighted by Gasteiger charge is 2.09. The molecule has 0 radical (unpaired) electrons. The van der Waals surface area contributed by atoms with Gasteiger partial charge in [-0.05, 0) is 34.7 Å². The van der Waals surface area contributed by atoms with Gasteiger partial charge in [-0.2, -0.15) is 5.26 Å². The number of thiophene rings is 1. The second kappa shape index (κ2) is 3.72. The van der Waals surface area contributed by atoms with Crippen LogP contribution in [0.1, 0.15) is 5.56 Å². The lowest BCUT2D eigenvalue weighted by atomic mass is 10.1. The molecule has 3 heteroatoms. The van der Waals surface area contributed by atoms with E-state index in [9.17, 15) is 0 Å². The van der Waals surface area contributed by atoms with Crippen LogP contribution in [-0.4, -0.2) is 0 Å². The van der Waals surface area contributed by atoms with E-state index in [0.29, 0.717) is 0 Å². The Bertz CT molecular complexity index is 737. The molecule has 0 aliphatic carbocycles. The van der Waals surface area contributed by atoms with Crippen LogP contribution in [0.4, 0.5) is 0 Å². The third kappa shape index (κ3) is 1.34. The molecule has 0 aliphatic heterocycles. The molecular weight excluding hydrogens is 329 g/mol. The number of hydrogen-bond donors (Lipinski definition) is 0. The number of nitriles is 1. The Kier molecular flexibility index (Phi) is 2.34. The van der Waals surface area contributed by atoms with Crippen molar-refractivity contribution in [3.05, 3.63) is 45.5 Å². The number of nitrogens with zero attached hydrogens (tertiary/aromatic N) is 1. The molecule has 0 fully saturated rings. The van der Waals surface area contributed by atoms with Crippen LogP contribution in [0.25, 0.3) is 20.2 Å². The Morgan fingerprint density at radius 2 is 1.69 bits per heavy atom. The maximum atomic E-state index is 9.08. The van der Waals surface area contributed by atoms with Gasteiger partial charge in [0.25, 0.3) is 0 Å². The fraction of sp³-hybridized carbons (Fsp3) is 0. The summed E-state index contributed by atoms with van der Waals surface area (Å²) in [5.41, 5.74) is 0.773. The molecule has 0 amide bonds. The molecule has 16 heavy (non-hydrogen) atoms. The molecule has 76 valence electrons. The van der Waals surface area contributed by atoms with Crippen molar-refractivity contribution in [1.82, 2.24) is 0 Å². The average Bonchev–Trinajstić information content (AvgIpc) is 2.69. The van der Waals surface area contributed by atoms with Crippen molar-refractivity contribution in [2.75, 3.05) is 0 Å². The molecule has 0 saturated carbocycles. The largest absolute Gasteiger partial charge is 0.192 e. The van der Waals surface area contributed by atoms with Gasteiger partial charge in [0, 0.05) is 19.0 Å². The maximum Gasteiger partial charge on any atom is 0.101 e. The third-order valence-electron chi connectivity index (χ3n) is 2.60. The monoisotopic (exact) mass is 335 g/mol. The van der Waals surface area contributed by atoms with Gasteiger partial charge >= 0.3 is 0 Å². The van der Waals surface area contributed by atoms with E-state index in [1.807, 2.05) is 12.1 Å². The van der Waals surface area contributed by atoms with Crippen molar-refractivity contribution < 1.29 is 0 Å². The average molecular weight is 335 g/mol. The zero-order valence-corrected chi connectivity index (χ0v) is 11.2. The van der Waals surface area contributed by atoms with Gasteiger partial charge in [-0.1, -0.05) is 24.3 Å². The third-order valence-corrected chi connectivity index (χ3v) is 5.15. The highest BCUT2D eigenvalue weighted by Crippen LogP contribution is 2.37. The van der Waals surface area contributed by atoms with Crippen molar-refractivity contribution in [3.8, 4) is 6.07 Å². The molecule has 0 N–H and O–H groups in total. The van der Waals surface area contributed by atoms with Crippen LogP contribution in [0.2, 0.25) is 0 Å². The molecule has 0 saturated heterocycles. The zero-order chi connectivity index (χ0) is 11.1. The number of hydrogen-bond acceptors (Lipinski definition) is 2. The summed E-state index contributed by atoms with van der Waals surface area (Å²) in [6.45, 7) is 0. The van der Waals surface area contributed by atoms with Crippen molar-refractivity contribution in [3.63, 3.8) is 0 Å². The van der Waals surface area contributed by atoms with Gasteiger partial charge in [-0.15, -0.1) is 11.3 Å². The molecule has 3 aromatic rings. The molecule has 3 rings (SSSR count). The fourth-order valence-electron chi connectivity index (χ4n) is 1.87. The van der Waals surface area contributed by atoms with Crippen molar-refractivity contribution >= 4 is 54.1 Å². The zero-order valence-electron chi connectivity index (χ0n) is 8.20. The summed E-state index contributed by atoms with van der Waals surface area (Å²) in [4.78, 5) is 0. The molecule has 0 bridgehead atoms. The summed E-state index contributed by atoms with van der Waals surface area (Å²) >= 11 is 4.05. The van der Waals surface area contributed by atoms with E-state index in [2.05, 4.69) is 52.9 Å². The van der Waals surface area contributed by atoms with Gasteiger partial charge in [0.05, 0.1) is 10.3 Å². The summed E-state index contributed by atoms with van der Waals surface area (Å²) in [5.74, 6) is 0. The first-order valence-electron chi connectivity index (χ1n) is 4.81. The molecular formula is C13H6INS. The van der Waals surface area contributed by atoms with Gasteiger partial charge in [0.2, 0.25) is 0 Å². The number of rotatable bonds is 0. The van der Waals surface area contributed by atoms with Crippen LogP contribution in [0.3, 0.4) is 0 Å². The van der Waals surface area contributed by atoms with Crippen LogP contribution < -0.4 is 0 Å². The van der Waals surface area contributed by atoms with E-state index in [1.54, 1.807) is 11.3 Å². The molecule has 1 aromatic heterocycles. The van der Waals surface area contributed by atoms with E-state index in [-0.39, 0.29) is 0 Å². The molecule has 0 atom stereocenters. The van der Waals surface area contributed by atoms with Crippen LogP contribution in [0, 0.1) is 14.9 Å². The van der Waals surface area contributed by atoms with E-state index in [1.165, 1.54) is 19.0 Å². The lowest BCUT2D eigenvalue weighted by molar-refractivity contribution is 1.51. The summed E-state index contributed by atoms with van der Waals surface area (Å²) < 4.78 is 3.63. The van der Waals surface area contributed by atoms with Crippen LogP contribution in [0.15, 0.2) is 36.4 Å². The molecule has 0 spiro atoms. The second-order valence-corrected chi connectivity index (χ2v) is 5.70. The van der Waals surface area contributed by atoms with Gasteiger partial charge in [-0.25, -0.2) is 0 Å². The number of benzene rings is 2. The SMILES string of the molecule is N#Cc1cccc2c1sc1c(I)cccc12. The predicted molar refractivity (Wildman–Crippen MR) is 76.8 cm³/mol. The first kappa shape index (κ1) is 10.1. The topological polar surface area (TPSA) is 23.8 Å². The van der Waals surface area contributed by atoms with Gasteiger partial charge in [0.15, 0.2) is 0 Å². The highest BCUT2D eigenvalue weighted by atomic mass is 127. The Labute approximate surface area is 110 Å². The van der Waals surface area contributed by atoms with Gasteiger partial charge in [-0.3, -0.25) is 0 Å². The molecule has 2 aromatic carbocycles. The van der Waals surface area contributed by atoms with E-state index in [4.69, 9.17) is 5.26 Å².